The van der Waals surface area contributed by atoms with Gasteiger partial charge >= 0.3 is 0 Å². The first-order valence-corrected chi connectivity index (χ1v) is 14.5. The molecule has 0 saturated carbocycles. The lowest BCUT2D eigenvalue weighted by molar-refractivity contribution is 0.143. The minimum atomic E-state index is -3.61. The third kappa shape index (κ3) is 7.11. The van der Waals surface area contributed by atoms with E-state index >= 15 is 0 Å². The summed E-state index contributed by atoms with van der Waals surface area (Å²) in [6.07, 6.45) is -1.94. The molecule has 2 aromatic heterocycles. The lowest BCUT2D eigenvalue weighted by Crippen LogP contribution is -2.18. The first-order chi connectivity index (χ1) is 19.0. The Morgan fingerprint density at radius 3 is 2.29 bits per heavy atom. The van der Waals surface area contributed by atoms with Gasteiger partial charge < -0.3 is 10.8 Å². The predicted molar refractivity (Wildman–Crippen MR) is 148 cm³/mol. The predicted octanol–water partition coefficient (Wildman–Crippen LogP) is 4.76. The molecule has 1 atom stereocenters. The van der Waals surface area contributed by atoms with Gasteiger partial charge in [0.1, 0.15) is 22.9 Å². The number of nitrogens with two attached hydrogens (primary N) is 1. The molecule has 3 N–H and O–H groups in total. The van der Waals surface area contributed by atoms with Crippen LogP contribution in [0.25, 0.3) is 22.0 Å². The number of alkyl halides is 2. The van der Waals surface area contributed by atoms with E-state index in [0.29, 0.717) is 11.1 Å². The van der Waals surface area contributed by atoms with E-state index in [2.05, 4.69) is 21.9 Å². The van der Waals surface area contributed by atoms with Gasteiger partial charge in [0.05, 0.1) is 28.7 Å². The summed E-state index contributed by atoms with van der Waals surface area (Å²) in [5, 5.41) is 14.3. The largest absolute Gasteiger partial charge is 0.378 e. The molecule has 4 aromatic rings. The van der Waals surface area contributed by atoms with Crippen molar-refractivity contribution in [1.82, 2.24) is 14.8 Å². The summed E-state index contributed by atoms with van der Waals surface area (Å²) in [7, 11) is -2.10. The van der Waals surface area contributed by atoms with Crippen molar-refractivity contribution in [2.75, 3.05) is 6.26 Å². The van der Waals surface area contributed by atoms with Crippen LogP contribution in [0.1, 0.15) is 54.5 Å². The summed E-state index contributed by atoms with van der Waals surface area (Å²) in [6, 6.07) is 7.95. The number of nitrogens with zero attached hydrogens (tertiary/aromatic N) is 3. The average Bonchev–Trinajstić information content (AvgIpc) is 3.15. The van der Waals surface area contributed by atoms with E-state index in [4.69, 9.17) is 5.73 Å². The van der Waals surface area contributed by atoms with E-state index in [9.17, 15) is 31.1 Å². The molecule has 216 valence electrons. The first kappa shape index (κ1) is 30.2. The quantitative estimate of drug-likeness (QED) is 0.238. The van der Waals surface area contributed by atoms with Gasteiger partial charge in [-0.05, 0) is 56.0 Å². The standard InChI is InChI=1S/C29H28F4N4O3S/c1-29(2,38)10-9-19-5-6-20(26(35-19)23(34)13-16-11-17(30)14-18(31)12-16)21-7-8-22(28(32)33)25-24(15-41(4,39)40)36-37(3)27(21)25/h5-8,11-12,14,23,28,38H,13,15,34H2,1-4H3/t23-/m0/s1. The molecule has 0 fully saturated rings. The van der Waals surface area contributed by atoms with Gasteiger partial charge in [-0.25, -0.2) is 31.0 Å². The Labute approximate surface area is 234 Å². The van der Waals surface area contributed by atoms with Gasteiger partial charge in [-0.2, -0.15) is 5.10 Å². The monoisotopic (exact) mass is 588 g/mol. The topological polar surface area (TPSA) is 111 Å². The van der Waals surface area contributed by atoms with Gasteiger partial charge in [-0.3, -0.25) is 4.68 Å². The molecule has 0 amide bonds. The van der Waals surface area contributed by atoms with Crippen LogP contribution in [0.3, 0.4) is 0 Å². The number of aliphatic hydroxyl groups is 1. The van der Waals surface area contributed by atoms with E-state index in [1.165, 1.54) is 37.7 Å². The van der Waals surface area contributed by atoms with Crippen molar-refractivity contribution in [2.45, 2.75) is 44.1 Å². The van der Waals surface area contributed by atoms with E-state index in [1.807, 2.05) is 0 Å². The Bertz CT molecular complexity index is 1780. The minimum absolute atomic E-state index is 0.00282. The van der Waals surface area contributed by atoms with Crippen LogP contribution in [0.2, 0.25) is 0 Å². The highest BCUT2D eigenvalue weighted by atomic mass is 32.2. The number of halogens is 4. The normalized spacial score (nSPS) is 13.0. The summed E-state index contributed by atoms with van der Waals surface area (Å²) in [5.41, 5.74) is 6.62. The van der Waals surface area contributed by atoms with Crippen LogP contribution in [-0.2, 0) is 29.1 Å². The van der Waals surface area contributed by atoms with Crippen LogP contribution in [0.5, 0.6) is 0 Å². The van der Waals surface area contributed by atoms with Crippen molar-refractivity contribution in [3.05, 3.63) is 82.3 Å². The van der Waals surface area contributed by atoms with E-state index in [-0.39, 0.29) is 45.5 Å². The summed E-state index contributed by atoms with van der Waals surface area (Å²) in [6.45, 7) is 2.99. The molecular formula is C29H28F4N4O3S. The van der Waals surface area contributed by atoms with E-state index in [1.54, 1.807) is 12.1 Å². The Morgan fingerprint density at radius 2 is 1.71 bits per heavy atom. The molecule has 2 heterocycles. The van der Waals surface area contributed by atoms with Gasteiger partial charge in [0.25, 0.3) is 6.43 Å². The van der Waals surface area contributed by atoms with Crippen LogP contribution in [0.4, 0.5) is 17.6 Å². The van der Waals surface area contributed by atoms with Gasteiger partial charge in [-0.1, -0.05) is 18.1 Å². The maximum absolute atomic E-state index is 14.1. The molecule has 0 spiro atoms. The molecule has 0 bridgehead atoms. The lowest BCUT2D eigenvalue weighted by atomic mass is 9.93. The third-order valence-electron chi connectivity index (χ3n) is 6.17. The van der Waals surface area contributed by atoms with Gasteiger partial charge in [0.2, 0.25) is 0 Å². The first-order valence-electron chi connectivity index (χ1n) is 12.4. The maximum atomic E-state index is 14.1. The van der Waals surface area contributed by atoms with Crippen molar-refractivity contribution < 1.29 is 31.1 Å². The number of fused-ring (bicyclic) bond motifs is 1. The summed E-state index contributed by atoms with van der Waals surface area (Å²) in [4.78, 5) is 4.58. The molecule has 0 unspecified atom stereocenters. The van der Waals surface area contributed by atoms with Crippen LogP contribution in [-0.4, -0.2) is 40.1 Å². The Morgan fingerprint density at radius 1 is 1.07 bits per heavy atom. The molecule has 0 aliphatic rings. The SMILES string of the molecule is Cn1nc(CS(C)(=O)=O)c2c(C(F)F)ccc(-c3ccc(C#CC(C)(C)O)nc3[C@@H](N)Cc3cc(F)cc(F)c3)c21. The molecular weight excluding hydrogens is 560 g/mol. The van der Waals surface area contributed by atoms with Crippen molar-refractivity contribution >= 4 is 20.7 Å². The van der Waals surface area contributed by atoms with Crippen molar-refractivity contribution in [1.29, 1.82) is 0 Å². The zero-order valence-corrected chi connectivity index (χ0v) is 23.5. The summed E-state index contributed by atoms with van der Waals surface area (Å²) < 4.78 is 81.4. The molecule has 12 heteroatoms. The Balaban J connectivity index is 1.97. The van der Waals surface area contributed by atoms with Crippen molar-refractivity contribution in [3.8, 4) is 23.0 Å². The number of rotatable bonds is 7. The fraction of sp³-hybridized carbons (Fsp3) is 0.310. The van der Waals surface area contributed by atoms with Crippen molar-refractivity contribution in [2.24, 2.45) is 12.8 Å². The smallest absolute Gasteiger partial charge is 0.264 e. The minimum Gasteiger partial charge on any atom is -0.378 e. The van der Waals surface area contributed by atoms with Crippen LogP contribution < -0.4 is 5.73 Å². The van der Waals surface area contributed by atoms with E-state index < -0.39 is 45.3 Å². The Hall–Kier alpha value is -3.79. The number of aryl methyl sites for hydroxylation is 1. The van der Waals surface area contributed by atoms with E-state index in [0.717, 1.165) is 24.5 Å². The number of benzene rings is 2. The third-order valence-corrected chi connectivity index (χ3v) is 6.97. The highest BCUT2D eigenvalue weighted by Crippen LogP contribution is 2.39. The number of aromatic nitrogens is 3. The summed E-state index contributed by atoms with van der Waals surface area (Å²) in [5.74, 6) is 3.34. The Kier molecular flexibility index (Phi) is 8.27. The number of hydrogen-bond acceptors (Lipinski definition) is 6. The fourth-order valence-electron chi connectivity index (χ4n) is 4.63. The second-order valence-electron chi connectivity index (χ2n) is 10.4. The van der Waals surface area contributed by atoms with Gasteiger partial charge in [0, 0.05) is 41.4 Å². The van der Waals surface area contributed by atoms with Crippen molar-refractivity contribution in [3.63, 3.8) is 0 Å². The number of sulfone groups is 1. The van der Waals surface area contributed by atoms with Crippen LogP contribution in [0.15, 0.2) is 42.5 Å². The molecule has 41 heavy (non-hydrogen) atoms. The number of hydrogen-bond donors (Lipinski definition) is 2. The highest BCUT2D eigenvalue weighted by Gasteiger charge is 2.26. The lowest BCUT2D eigenvalue weighted by Gasteiger charge is -2.18. The molecule has 0 aliphatic carbocycles. The van der Waals surface area contributed by atoms with Gasteiger partial charge in [0.15, 0.2) is 9.84 Å². The highest BCUT2D eigenvalue weighted by molar-refractivity contribution is 7.89. The van der Waals surface area contributed by atoms with Gasteiger partial charge in [-0.15, -0.1) is 0 Å². The molecule has 2 aromatic carbocycles. The molecule has 0 saturated heterocycles. The van der Waals surface area contributed by atoms with Crippen LogP contribution >= 0.6 is 0 Å². The summed E-state index contributed by atoms with van der Waals surface area (Å²) >= 11 is 0. The number of pyridine rings is 1. The maximum Gasteiger partial charge on any atom is 0.264 e. The molecule has 0 aliphatic heterocycles. The zero-order valence-electron chi connectivity index (χ0n) is 22.7. The zero-order chi connectivity index (χ0) is 30.3. The molecule has 7 nitrogen and oxygen atoms in total. The second-order valence-corrected chi connectivity index (χ2v) is 12.5. The fourth-order valence-corrected chi connectivity index (χ4v) is 5.33. The average molecular weight is 589 g/mol. The second kappa shape index (κ2) is 11.2. The van der Waals surface area contributed by atoms with Crippen LogP contribution in [0, 0.1) is 23.5 Å². The molecule has 0 radical (unpaired) electrons. The molecule has 4 rings (SSSR count).